The number of carbonyl (C=O) groups is 1. The highest BCUT2D eigenvalue weighted by Crippen LogP contribution is 2.27. The molecule has 3 aromatic rings. The quantitative estimate of drug-likeness (QED) is 0.698. The highest BCUT2D eigenvalue weighted by atomic mass is 32.2. The predicted molar refractivity (Wildman–Crippen MR) is 104 cm³/mol. The molecule has 1 aromatic carbocycles. The van der Waals surface area contributed by atoms with Gasteiger partial charge >= 0.3 is 0 Å². The lowest BCUT2D eigenvalue weighted by Gasteiger charge is -2.37. The molecule has 1 N–H and O–H groups in total. The van der Waals surface area contributed by atoms with E-state index < -0.39 is 9.84 Å². The van der Waals surface area contributed by atoms with Crippen LogP contribution in [0.15, 0.2) is 41.9 Å². The monoisotopic (exact) mass is 402 g/mol. The van der Waals surface area contributed by atoms with Crippen molar-refractivity contribution in [2.45, 2.75) is 12.1 Å². The molecule has 2 aromatic heterocycles. The van der Waals surface area contributed by atoms with Crippen LogP contribution in [0.1, 0.15) is 10.5 Å². The van der Waals surface area contributed by atoms with Crippen LogP contribution in [0.4, 0.5) is 0 Å². The molecule has 4 heterocycles. The van der Waals surface area contributed by atoms with Crippen molar-refractivity contribution in [1.29, 1.82) is 0 Å². The van der Waals surface area contributed by atoms with Gasteiger partial charge in [0.1, 0.15) is 5.69 Å². The fourth-order valence-corrected chi connectivity index (χ4v) is 6.76. The third-order valence-electron chi connectivity index (χ3n) is 5.24. The molecule has 7 nitrogen and oxygen atoms in total. The molecule has 2 fully saturated rings. The van der Waals surface area contributed by atoms with Crippen molar-refractivity contribution < 1.29 is 13.2 Å². The molecule has 9 heteroatoms. The van der Waals surface area contributed by atoms with Crippen LogP contribution < -0.4 is 5.32 Å². The summed E-state index contributed by atoms with van der Waals surface area (Å²) < 4.78 is 25.9. The number of piperazine rings is 1. The molecular weight excluding hydrogens is 384 g/mol. The third kappa shape index (κ3) is 2.86. The van der Waals surface area contributed by atoms with Crippen LogP contribution in [0.3, 0.4) is 0 Å². The lowest BCUT2D eigenvalue weighted by atomic mass is 10.1. The zero-order valence-corrected chi connectivity index (χ0v) is 16.0. The summed E-state index contributed by atoms with van der Waals surface area (Å²) in [6.07, 6.45) is 1.87. The summed E-state index contributed by atoms with van der Waals surface area (Å²) in [5.74, 6) is -0.000982. The number of nitrogens with zero attached hydrogens (tertiary/aromatic N) is 3. The first-order valence-corrected chi connectivity index (χ1v) is 11.5. The second-order valence-electron chi connectivity index (χ2n) is 6.97. The molecule has 27 heavy (non-hydrogen) atoms. The number of rotatable bonds is 2. The lowest BCUT2D eigenvalue weighted by Crippen LogP contribution is -2.59. The number of imidazole rings is 1. The minimum Gasteiger partial charge on any atom is -0.330 e. The fourth-order valence-electron chi connectivity index (χ4n) is 3.95. The molecule has 0 saturated carbocycles. The number of thiazole rings is 1. The molecular formula is C18H18N4O3S2. The molecule has 2 saturated heterocycles. The number of carbonyl (C=O) groups excluding carboxylic acids is 1. The molecule has 2 aliphatic rings. The van der Waals surface area contributed by atoms with Crippen LogP contribution in [0, 0.1) is 0 Å². The van der Waals surface area contributed by atoms with Crippen molar-refractivity contribution in [3.8, 4) is 11.3 Å². The molecule has 0 bridgehead atoms. The summed E-state index contributed by atoms with van der Waals surface area (Å²) in [6, 6.07) is 9.35. The fraction of sp³-hybridized carbons (Fsp3) is 0.333. The zero-order chi connectivity index (χ0) is 18.6. The average molecular weight is 403 g/mol. The van der Waals surface area contributed by atoms with Gasteiger partial charge in [0.2, 0.25) is 0 Å². The molecule has 2 aliphatic heterocycles. The van der Waals surface area contributed by atoms with Crippen LogP contribution in [0.5, 0.6) is 0 Å². The highest BCUT2D eigenvalue weighted by molar-refractivity contribution is 7.91. The van der Waals surface area contributed by atoms with Crippen molar-refractivity contribution in [3.63, 3.8) is 0 Å². The first-order valence-electron chi connectivity index (χ1n) is 8.79. The Morgan fingerprint density at radius 2 is 2.04 bits per heavy atom. The Morgan fingerprint density at radius 1 is 1.22 bits per heavy atom. The Bertz CT molecular complexity index is 1120. The Hall–Kier alpha value is -2.23. The third-order valence-corrected chi connectivity index (χ3v) is 7.80. The second kappa shape index (κ2) is 6.15. The maximum Gasteiger partial charge on any atom is 0.272 e. The molecule has 2 atom stereocenters. The minimum absolute atomic E-state index is 0.0306. The van der Waals surface area contributed by atoms with Crippen molar-refractivity contribution in [2.24, 2.45) is 0 Å². The van der Waals surface area contributed by atoms with Gasteiger partial charge in [-0.2, -0.15) is 0 Å². The van der Waals surface area contributed by atoms with E-state index in [4.69, 9.17) is 0 Å². The largest absolute Gasteiger partial charge is 0.330 e. The second-order valence-corrected chi connectivity index (χ2v) is 9.96. The summed E-state index contributed by atoms with van der Waals surface area (Å²) in [5, 5.41) is 5.05. The number of benzene rings is 1. The number of amides is 1. The summed E-state index contributed by atoms with van der Waals surface area (Å²) >= 11 is 1.42. The normalized spacial score (nSPS) is 24.2. The van der Waals surface area contributed by atoms with E-state index in [1.165, 1.54) is 11.3 Å². The van der Waals surface area contributed by atoms with Gasteiger partial charge in [-0.15, -0.1) is 11.3 Å². The van der Waals surface area contributed by atoms with Gasteiger partial charge in [0.05, 0.1) is 23.2 Å². The molecule has 0 radical (unpaired) electrons. The Labute approximate surface area is 160 Å². The Kier molecular flexibility index (Phi) is 3.85. The summed E-state index contributed by atoms with van der Waals surface area (Å²) in [7, 11) is -3.11. The summed E-state index contributed by atoms with van der Waals surface area (Å²) in [5.41, 5.74) is 2.35. The van der Waals surface area contributed by atoms with E-state index >= 15 is 0 Å². The van der Waals surface area contributed by atoms with Crippen LogP contribution in [0.2, 0.25) is 0 Å². The molecule has 140 valence electrons. The van der Waals surface area contributed by atoms with Gasteiger partial charge in [0.25, 0.3) is 5.91 Å². The summed E-state index contributed by atoms with van der Waals surface area (Å²) in [6.45, 7) is 1.11. The number of nitrogens with one attached hydrogen (secondary N) is 1. The molecule has 0 unspecified atom stereocenters. The van der Waals surface area contributed by atoms with Gasteiger partial charge in [-0.3, -0.25) is 9.20 Å². The van der Waals surface area contributed by atoms with Gasteiger partial charge in [0, 0.05) is 36.3 Å². The minimum atomic E-state index is -3.11. The zero-order valence-electron chi connectivity index (χ0n) is 14.4. The van der Waals surface area contributed by atoms with E-state index in [-0.39, 0.29) is 29.5 Å². The maximum atomic E-state index is 13.2. The highest BCUT2D eigenvalue weighted by Gasteiger charge is 2.45. The van der Waals surface area contributed by atoms with E-state index in [0.29, 0.717) is 18.8 Å². The predicted octanol–water partition coefficient (Wildman–Crippen LogP) is 1.27. The van der Waals surface area contributed by atoms with Crippen molar-refractivity contribution >= 4 is 32.0 Å². The number of hydrogen-bond donors (Lipinski definition) is 1. The average Bonchev–Trinajstić information content (AvgIpc) is 3.31. The number of aromatic nitrogens is 2. The molecule has 5 rings (SSSR count). The SMILES string of the molecule is O=C(c1csc2nc(-c3ccccc3)cn12)N1CCN[C@H]2CS(=O)(=O)C[C@H]21. The van der Waals surface area contributed by atoms with Gasteiger partial charge in [-0.05, 0) is 0 Å². The van der Waals surface area contributed by atoms with E-state index in [9.17, 15) is 13.2 Å². The van der Waals surface area contributed by atoms with Crippen molar-refractivity contribution in [3.05, 3.63) is 47.6 Å². The molecule has 1 amide bonds. The lowest BCUT2D eigenvalue weighted by molar-refractivity contribution is 0.0614. The molecule has 0 aliphatic carbocycles. The Balaban J connectivity index is 1.50. The first kappa shape index (κ1) is 16.9. The summed E-state index contributed by atoms with van der Waals surface area (Å²) in [4.78, 5) is 20.3. The standard InChI is InChI=1S/C18H18N4O3S2/c23-17(21-7-6-19-14-10-27(24,25)11-16(14)21)15-9-26-18-20-13(8-22(15)18)12-4-2-1-3-5-12/h1-5,8-9,14,16,19H,6-7,10-11H2/t14-,16+/m0/s1. The van der Waals surface area contributed by atoms with Crippen LogP contribution in [0.25, 0.3) is 16.2 Å². The smallest absolute Gasteiger partial charge is 0.272 e. The number of hydrogen-bond acceptors (Lipinski definition) is 6. The molecule has 0 spiro atoms. The Morgan fingerprint density at radius 3 is 2.85 bits per heavy atom. The van der Waals surface area contributed by atoms with Crippen molar-refractivity contribution in [2.75, 3.05) is 24.6 Å². The van der Waals surface area contributed by atoms with E-state index in [2.05, 4.69) is 10.3 Å². The number of sulfone groups is 1. The van der Waals surface area contributed by atoms with Crippen molar-refractivity contribution in [1.82, 2.24) is 19.6 Å². The van der Waals surface area contributed by atoms with E-state index in [1.54, 1.807) is 10.3 Å². The topological polar surface area (TPSA) is 83.8 Å². The van der Waals surface area contributed by atoms with Crippen LogP contribution in [-0.4, -0.2) is 65.3 Å². The van der Waals surface area contributed by atoms with Crippen LogP contribution >= 0.6 is 11.3 Å². The maximum absolute atomic E-state index is 13.2. The number of fused-ring (bicyclic) bond motifs is 2. The van der Waals surface area contributed by atoms with Gasteiger partial charge in [-0.1, -0.05) is 30.3 Å². The van der Waals surface area contributed by atoms with E-state index in [0.717, 1.165) is 16.2 Å². The van der Waals surface area contributed by atoms with Gasteiger partial charge in [0.15, 0.2) is 14.8 Å². The van der Waals surface area contributed by atoms with Crippen LogP contribution in [-0.2, 0) is 9.84 Å². The van der Waals surface area contributed by atoms with Gasteiger partial charge < -0.3 is 10.2 Å². The van der Waals surface area contributed by atoms with E-state index in [1.807, 2.05) is 40.9 Å². The van der Waals surface area contributed by atoms with Gasteiger partial charge in [-0.25, -0.2) is 13.4 Å². The first-order chi connectivity index (χ1) is 13.0.